The number of imide groups is 1. The molecule has 1 saturated heterocycles. The molecular weight excluding hydrogens is 611 g/mol. The number of thiazole rings is 1. The molecule has 3 N–H and O–H groups in total. The van der Waals surface area contributed by atoms with E-state index in [-0.39, 0.29) is 75.7 Å². The first-order valence-corrected chi connectivity index (χ1v) is 16.6. The van der Waals surface area contributed by atoms with E-state index in [0.29, 0.717) is 17.1 Å². The van der Waals surface area contributed by atoms with Gasteiger partial charge in [-0.15, -0.1) is 11.8 Å². The van der Waals surface area contributed by atoms with Crippen LogP contribution in [0.1, 0.15) is 28.3 Å². The van der Waals surface area contributed by atoms with Crippen molar-refractivity contribution < 1.29 is 24.2 Å². The van der Waals surface area contributed by atoms with Crippen molar-refractivity contribution in [2.24, 2.45) is 29.6 Å². The monoisotopic (exact) mass is 639 g/mol. The number of H-pyrrole nitrogens is 1. The summed E-state index contributed by atoms with van der Waals surface area (Å²) in [6, 6.07) is 21.3. The summed E-state index contributed by atoms with van der Waals surface area (Å²) in [5.74, 6) is -0.518. The smallest absolute Gasteiger partial charge is 0.305 e. The summed E-state index contributed by atoms with van der Waals surface area (Å²) < 4.78 is 5.75. The maximum Gasteiger partial charge on any atom is 0.305 e. The van der Waals surface area contributed by atoms with Crippen molar-refractivity contribution in [1.29, 1.82) is 0 Å². The van der Waals surface area contributed by atoms with Crippen LogP contribution in [0.3, 0.4) is 0 Å². The molecular formula is C34H29N3O6S2. The molecule has 2 aliphatic heterocycles. The molecule has 3 amide bonds. The number of aromatic hydroxyl groups is 1. The van der Waals surface area contributed by atoms with Crippen molar-refractivity contribution >= 4 is 52.2 Å². The number of hydrogen-bond acceptors (Lipinski definition) is 8. The Kier molecular flexibility index (Phi) is 6.65. The first-order chi connectivity index (χ1) is 21.8. The number of aromatic amines is 1. The third-order valence-electron chi connectivity index (χ3n) is 9.78. The third kappa shape index (κ3) is 4.59. The lowest BCUT2D eigenvalue weighted by atomic mass is 9.68. The van der Waals surface area contributed by atoms with Crippen LogP contribution in [0.5, 0.6) is 11.5 Å². The molecule has 7 atom stereocenters. The Morgan fingerprint density at radius 3 is 2.36 bits per heavy atom. The van der Waals surface area contributed by atoms with Gasteiger partial charge >= 0.3 is 4.87 Å². The number of nitrogens with one attached hydrogen (secondary N) is 2. The number of nitrogens with zero attached hydrogens (tertiary/aromatic N) is 1. The van der Waals surface area contributed by atoms with Gasteiger partial charge in [0.25, 0.3) is 5.91 Å². The van der Waals surface area contributed by atoms with Crippen LogP contribution in [0.15, 0.2) is 82.6 Å². The molecule has 1 aromatic heterocycles. The number of ether oxygens (including phenoxy) is 1. The van der Waals surface area contributed by atoms with Crippen molar-refractivity contribution in [3.05, 3.63) is 98.5 Å². The molecule has 0 radical (unpaired) electrons. The van der Waals surface area contributed by atoms with E-state index in [1.807, 2.05) is 55.5 Å². The summed E-state index contributed by atoms with van der Waals surface area (Å²) in [6.07, 6.45) is 0.823. The molecule has 0 spiro atoms. The van der Waals surface area contributed by atoms with E-state index in [1.54, 1.807) is 23.9 Å². The maximum absolute atomic E-state index is 13.9. The van der Waals surface area contributed by atoms with Crippen LogP contribution >= 0.6 is 23.1 Å². The maximum atomic E-state index is 13.9. The number of hydrogen-bond donors (Lipinski definition) is 3. The molecule has 11 heteroatoms. The Labute approximate surface area is 266 Å². The van der Waals surface area contributed by atoms with Gasteiger partial charge in [-0.2, -0.15) is 0 Å². The highest BCUT2D eigenvalue weighted by atomic mass is 32.2. The second-order valence-electron chi connectivity index (χ2n) is 12.3. The van der Waals surface area contributed by atoms with Crippen molar-refractivity contribution in [2.75, 3.05) is 16.8 Å². The Bertz CT molecular complexity index is 1880. The van der Waals surface area contributed by atoms with Gasteiger partial charge in [-0.05, 0) is 85.2 Å². The van der Waals surface area contributed by atoms with Gasteiger partial charge in [-0.3, -0.25) is 24.1 Å². The van der Waals surface area contributed by atoms with E-state index in [1.165, 1.54) is 28.4 Å². The van der Waals surface area contributed by atoms with Gasteiger partial charge in [0.05, 0.1) is 22.5 Å². The van der Waals surface area contributed by atoms with Crippen LogP contribution in [0, 0.1) is 36.5 Å². The molecule has 3 fully saturated rings. The number of carbonyl (C=O) groups is 3. The van der Waals surface area contributed by atoms with E-state index >= 15 is 0 Å². The highest BCUT2D eigenvalue weighted by molar-refractivity contribution is 8.00. The van der Waals surface area contributed by atoms with E-state index < -0.39 is 0 Å². The van der Waals surface area contributed by atoms with Gasteiger partial charge in [0.15, 0.2) is 6.61 Å². The Balaban J connectivity index is 1.05. The summed E-state index contributed by atoms with van der Waals surface area (Å²) in [6.45, 7) is 1.79. The number of phenolic OH excluding ortho intramolecular Hbond substituents is 1. The van der Waals surface area contributed by atoms with Gasteiger partial charge in [0, 0.05) is 21.7 Å². The van der Waals surface area contributed by atoms with Gasteiger partial charge in [0.1, 0.15) is 11.5 Å². The molecule has 4 aliphatic rings. The fraction of sp³-hybridized carbons (Fsp3) is 0.294. The molecule has 2 aliphatic carbocycles. The highest BCUT2D eigenvalue weighted by Crippen LogP contribution is 2.68. The van der Waals surface area contributed by atoms with E-state index in [4.69, 9.17) is 4.74 Å². The first-order valence-electron chi connectivity index (χ1n) is 14.9. The summed E-state index contributed by atoms with van der Waals surface area (Å²) in [4.78, 5) is 58.0. The Morgan fingerprint density at radius 1 is 0.956 bits per heavy atom. The first kappa shape index (κ1) is 28.1. The number of carbonyl (C=O) groups excluding carboxylic acids is 3. The van der Waals surface area contributed by atoms with Crippen LogP contribution in [0.4, 0.5) is 11.4 Å². The average Bonchev–Trinajstić information content (AvgIpc) is 3.77. The molecule has 3 aromatic carbocycles. The van der Waals surface area contributed by atoms with Gasteiger partial charge in [-0.25, -0.2) is 0 Å². The minimum Gasteiger partial charge on any atom is -0.508 e. The van der Waals surface area contributed by atoms with Gasteiger partial charge in [-0.1, -0.05) is 41.2 Å². The van der Waals surface area contributed by atoms with E-state index in [2.05, 4.69) is 10.3 Å². The number of anilines is 2. The van der Waals surface area contributed by atoms with Crippen LogP contribution in [-0.4, -0.2) is 39.7 Å². The number of rotatable bonds is 6. The molecule has 9 nitrogen and oxygen atoms in total. The molecule has 45 heavy (non-hydrogen) atoms. The minimum atomic E-state index is -0.361. The topological polar surface area (TPSA) is 129 Å². The van der Waals surface area contributed by atoms with Crippen LogP contribution < -0.4 is 19.8 Å². The minimum absolute atomic E-state index is 0.0271. The number of fused-ring (bicyclic) bond motifs is 9. The van der Waals surface area contributed by atoms with Gasteiger partial charge in [0.2, 0.25) is 11.8 Å². The lowest BCUT2D eigenvalue weighted by molar-refractivity contribution is -0.123. The Morgan fingerprint density at radius 2 is 1.64 bits per heavy atom. The molecule has 8 rings (SSSR count). The third-order valence-corrected chi connectivity index (χ3v) is 12.4. The van der Waals surface area contributed by atoms with Crippen molar-refractivity contribution in [2.45, 2.75) is 29.5 Å². The molecule has 2 bridgehead atoms. The zero-order valence-electron chi connectivity index (χ0n) is 24.1. The standard InChI is InChI=1S/C34H29N3O6S2/c1-16-2-8-19(9-3-16)37-32(40)27-22-14-23(28(27)33(37)41)29-26(22)25(30-31(44-29)36-34(42)45-30)17-4-12-21(13-5-17)43-15-24(39)35-18-6-10-20(38)11-7-18/h2-13,22-23,25-29,38H,14-15H2,1H3,(H,35,39)(H,36,42)/t22-,23-,25+,26-,27+,28+,29-/m1/s1. The normalized spacial score (nSPS) is 27.7. The number of aryl methyl sites for hydroxylation is 1. The largest absolute Gasteiger partial charge is 0.508 e. The number of aromatic nitrogens is 1. The molecule has 3 heterocycles. The molecule has 228 valence electrons. The van der Waals surface area contributed by atoms with E-state index in [0.717, 1.165) is 27.5 Å². The predicted molar refractivity (Wildman–Crippen MR) is 171 cm³/mol. The molecule has 4 aromatic rings. The highest BCUT2D eigenvalue weighted by Gasteiger charge is 2.69. The van der Waals surface area contributed by atoms with Crippen molar-refractivity contribution in [1.82, 2.24) is 4.98 Å². The lowest BCUT2D eigenvalue weighted by Gasteiger charge is -2.43. The quantitative estimate of drug-likeness (QED) is 0.197. The number of phenols is 1. The number of amides is 3. The second-order valence-corrected chi connectivity index (χ2v) is 14.5. The van der Waals surface area contributed by atoms with Crippen LogP contribution in [-0.2, 0) is 14.4 Å². The second kappa shape index (κ2) is 10.6. The SMILES string of the molecule is Cc1ccc(N2C(=O)[C@H]3[C@H]4C[C@@H]([C@@H]3C2=O)[C@@H]2[C@H](c3ccc(OCC(=O)Nc5ccc(O)cc5)cc3)c3sc(=O)[nH]c3S[C@H]42)cc1. The van der Waals surface area contributed by atoms with Crippen molar-refractivity contribution in [3.8, 4) is 11.5 Å². The summed E-state index contributed by atoms with van der Waals surface area (Å²) >= 11 is 2.89. The Hall–Kier alpha value is -4.35. The lowest BCUT2D eigenvalue weighted by Crippen LogP contribution is -2.42. The zero-order valence-corrected chi connectivity index (χ0v) is 25.8. The van der Waals surface area contributed by atoms with Crippen LogP contribution in [0.2, 0.25) is 0 Å². The fourth-order valence-electron chi connectivity index (χ4n) is 8.00. The molecule has 0 unspecified atom stereocenters. The fourth-order valence-corrected chi connectivity index (χ4v) is 10.9. The summed E-state index contributed by atoms with van der Waals surface area (Å²) in [5, 5.41) is 13.1. The van der Waals surface area contributed by atoms with Crippen molar-refractivity contribution in [3.63, 3.8) is 0 Å². The summed E-state index contributed by atoms with van der Waals surface area (Å²) in [5.41, 5.74) is 3.27. The average molecular weight is 640 g/mol. The van der Waals surface area contributed by atoms with Crippen LogP contribution in [0.25, 0.3) is 0 Å². The number of benzene rings is 3. The number of thioether (sulfide) groups is 1. The van der Waals surface area contributed by atoms with Gasteiger partial charge < -0.3 is 20.1 Å². The van der Waals surface area contributed by atoms with E-state index in [9.17, 15) is 24.3 Å². The molecule has 2 saturated carbocycles. The summed E-state index contributed by atoms with van der Waals surface area (Å²) in [7, 11) is 0. The zero-order chi connectivity index (χ0) is 31.0. The predicted octanol–water partition coefficient (Wildman–Crippen LogP) is 5.15.